The molecule has 23 heavy (non-hydrogen) atoms. The minimum absolute atomic E-state index is 0.368. The second-order valence-corrected chi connectivity index (χ2v) is 5.42. The molecule has 2 N–H and O–H groups in total. The second-order valence-electron chi connectivity index (χ2n) is 4.90. The maximum atomic E-state index is 5.75. The van der Waals surface area contributed by atoms with Crippen molar-refractivity contribution in [3.63, 3.8) is 0 Å². The van der Waals surface area contributed by atoms with Crippen LogP contribution in [-0.4, -0.2) is 33.7 Å². The van der Waals surface area contributed by atoms with E-state index in [1.54, 1.807) is 20.4 Å². The minimum Gasteiger partial charge on any atom is -0.493 e. The molecule has 3 aromatic rings. The van der Waals surface area contributed by atoms with Gasteiger partial charge in [0.1, 0.15) is 5.69 Å². The summed E-state index contributed by atoms with van der Waals surface area (Å²) in [6, 6.07) is 9.36. The molecule has 7 heteroatoms. The van der Waals surface area contributed by atoms with Crippen LogP contribution >= 0.6 is 12.2 Å². The molecule has 0 radical (unpaired) electrons. The Hall–Kier alpha value is -2.67. The van der Waals surface area contributed by atoms with Crippen molar-refractivity contribution in [2.24, 2.45) is 5.73 Å². The fraction of sp³-hybridized carbons (Fsp3) is 0.188. The Labute approximate surface area is 138 Å². The number of benzene rings is 1. The van der Waals surface area contributed by atoms with E-state index in [4.69, 9.17) is 27.4 Å². The highest BCUT2D eigenvalue weighted by molar-refractivity contribution is 7.80. The molecule has 1 aromatic carbocycles. The highest BCUT2D eigenvalue weighted by atomic mass is 32.1. The molecule has 0 saturated heterocycles. The lowest BCUT2D eigenvalue weighted by molar-refractivity contribution is 0.355. The number of aromatic nitrogens is 3. The number of imidazole rings is 1. The first-order valence-corrected chi connectivity index (χ1v) is 7.37. The van der Waals surface area contributed by atoms with Gasteiger partial charge in [0.2, 0.25) is 0 Å². The number of thiocarbonyl (C=S) groups is 1. The minimum atomic E-state index is 0.368. The van der Waals surface area contributed by atoms with Crippen molar-refractivity contribution in [3.8, 4) is 23.0 Å². The van der Waals surface area contributed by atoms with E-state index in [1.807, 2.05) is 34.9 Å². The normalized spacial score (nSPS) is 10.7. The highest BCUT2D eigenvalue weighted by Crippen LogP contribution is 2.34. The number of methoxy groups -OCH3 is 2. The largest absolute Gasteiger partial charge is 0.493 e. The Kier molecular flexibility index (Phi) is 4.12. The van der Waals surface area contributed by atoms with E-state index < -0.39 is 0 Å². The number of hydrogen-bond donors (Lipinski definition) is 1. The summed E-state index contributed by atoms with van der Waals surface area (Å²) in [5.74, 6) is 1.94. The summed E-state index contributed by atoms with van der Waals surface area (Å²) in [6.07, 6.45) is 1.72. The van der Waals surface area contributed by atoms with E-state index in [0.717, 1.165) is 16.7 Å². The summed E-state index contributed by atoms with van der Waals surface area (Å²) in [6.45, 7) is 0.368. The van der Waals surface area contributed by atoms with E-state index in [1.165, 1.54) is 0 Å². The molecule has 0 aliphatic rings. The maximum Gasteiger partial charge on any atom is 0.163 e. The van der Waals surface area contributed by atoms with Crippen LogP contribution in [0.3, 0.4) is 0 Å². The first kappa shape index (κ1) is 15.2. The molecule has 0 aliphatic carbocycles. The van der Waals surface area contributed by atoms with Crippen molar-refractivity contribution in [3.05, 3.63) is 36.5 Å². The number of pyridine rings is 1. The fourth-order valence-electron chi connectivity index (χ4n) is 2.46. The summed E-state index contributed by atoms with van der Waals surface area (Å²) in [7, 11) is 3.19. The standard InChI is InChI=1S/C16H16N4O2S/c1-21-13-7-11-12(8-14(13)22-2)20(9-15(17)23)16(19-11)10-5-3-4-6-18-10/h3-8H,9H2,1-2H3,(H2,17,23). The SMILES string of the molecule is COc1cc2nc(-c3ccccn3)n(CC(N)=S)c2cc1OC. The van der Waals surface area contributed by atoms with Crippen LogP contribution in [0.15, 0.2) is 36.5 Å². The van der Waals surface area contributed by atoms with Crippen molar-refractivity contribution < 1.29 is 9.47 Å². The van der Waals surface area contributed by atoms with Crippen LogP contribution < -0.4 is 15.2 Å². The molecule has 2 aromatic heterocycles. The lowest BCUT2D eigenvalue weighted by Crippen LogP contribution is -2.17. The lowest BCUT2D eigenvalue weighted by Gasteiger charge is -2.10. The van der Waals surface area contributed by atoms with E-state index in [9.17, 15) is 0 Å². The molecule has 2 heterocycles. The predicted octanol–water partition coefficient (Wildman–Crippen LogP) is 2.40. The first-order chi connectivity index (χ1) is 11.1. The Morgan fingerprint density at radius 1 is 1.22 bits per heavy atom. The van der Waals surface area contributed by atoms with Crippen LogP contribution in [0.5, 0.6) is 11.5 Å². The van der Waals surface area contributed by atoms with E-state index in [2.05, 4.69) is 9.97 Å². The second kappa shape index (κ2) is 6.21. The smallest absolute Gasteiger partial charge is 0.163 e. The molecule has 118 valence electrons. The number of hydrogen-bond acceptors (Lipinski definition) is 5. The highest BCUT2D eigenvalue weighted by Gasteiger charge is 2.17. The summed E-state index contributed by atoms with van der Waals surface area (Å²) < 4.78 is 12.6. The number of ether oxygens (including phenoxy) is 2. The summed E-state index contributed by atoms with van der Waals surface area (Å²) in [4.78, 5) is 9.41. The van der Waals surface area contributed by atoms with Crippen molar-refractivity contribution in [1.82, 2.24) is 14.5 Å². The van der Waals surface area contributed by atoms with Crippen molar-refractivity contribution >= 4 is 28.2 Å². The molecule has 0 aliphatic heterocycles. The van der Waals surface area contributed by atoms with Crippen molar-refractivity contribution in [2.75, 3.05) is 14.2 Å². The van der Waals surface area contributed by atoms with Crippen LogP contribution in [0.25, 0.3) is 22.6 Å². The Morgan fingerprint density at radius 2 is 1.96 bits per heavy atom. The predicted molar refractivity (Wildman–Crippen MR) is 92.9 cm³/mol. The van der Waals surface area contributed by atoms with Gasteiger partial charge < -0.3 is 19.8 Å². The van der Waals surface area contributed by atoms with Gasteiger partial charge in [0.15, 0.2) is 17.3 Å². The third-order valence-electron chi connectivity index (χ3n) is 3.46. The number of nitrogens with two attached hydrogens (primary N) is 1. The molecule has 0 unspecified atom stereocenters. The Balaban J connectivity index is 2.29. The van der Waals surface area contributed by atoms with Crippen molar-refractivity contribution in [2.45, 2.75) is 6.54 Å². The summed E-state index contributed by atoms with van der Waals surface area (Å²) in [5, 5.41) is 0. The van der Waals surface area contributed by atoms with Gasteiger partial charge in [-0.2, -0.15) is 0 Å². The average molecular weight is 328 g/mol. The third kappa shape index (κ3) is 2.83. The Bertz CT molecular complexity index is 861. The average Bonchev–Trinajstić information content (AvgIpc) is 2.91. The van der Waals surface area contributed by atoms with Crippen LogP contribution in [0.2, 0.25) is 0 Å². The quantitative estimate of drug-likeness (QED) is 0.725. The molecule has 6 nitrogen and oxygen atoms in total. The van der Waals surface area contributed by atoms with E-state index >= 15 is 0 Å². The fourth-order valence-corrected chi connectivity index (χ4v) is 2.59. The molecule has 3 rings (SSSR count). The molecular formula is C16H16N4O2S. The topological polar surface area (TPSA) is 75.2 Å². The maximum absolute atomic E-state index is 5.75. The number of nitrogens with zero attached hydrogens (tertiary/aromatic N) is 3. The van der Waals surface area contributed by atoms with Gasteiger partial charge in [0, 0.05) is 18.3 Å². The summed E-state index contributed by atoms with van der Waals surface area (Å²) in [5.41, 5.74) is 8.12. The van der Waals surface area contributed by atoms with Crippen LogP contribution in [0.4, 0.5) is 0 Å². The van der Waals surface area contributed by atoms with E-state index in [0.29, 0.717) is 28.9 Å². The van der Waals surface area contributed by atoms with Crippen LogP contribution in [0, 0.1) is 0 Å². The molecule has 0 bridgehead atoms. The van der Waals surface area contributed by atoms with Crippen LogP contribution in [0.1, 0.15) is 0 Å². The third-order valence-corrected chi connectivity index (χ3v) is 3.59. The zero-order valence-corrected chi connectivity index (χ0v) is 13.6. The van der Waals surface area contributed by atoms with Gasteiger partial charge in [-0.3, -0.25) is 4.98 Å². The van der Waals surface area contributed by atoms with Gasteiger partial charge in [0.05, 0.1) is 36.8 Å². The Morgan fingerprint density at radius 3 is 2.57 bits per heavy atom. The molecular weight excluding hydrogens is 312 g/mol. The van der Waals surface area contributed by atoms with Gasteiger partial charge in [-0.1, -0.05) is 18.3 Å². The first-order valence-electron chi connectivity index (χ1n) is 6.96. The molecule has 0 atom stereocenters. The van der Waals surface area contributed by atoms with Crippen LogP contribution in [-0.2, 0) is 6.54 Å². The van der Waals surface area contributed by atoms with E-state index in [-0.39, 0.29) is 0 Å². The monoisotopic (exact) mass is 328 g/mol. The molecule has 0 saturated carbocycles. The van der Waals surface area contributed by atoms with Gasteiger partial charge in [0.25, 0.3) is 0 Å². The summed E-state index contributed by atoms with van der Waals surface area (Å²) >= 11 is 5.08. The van der Waals surface area contributed by atoms with Gasteiger partial charge >= 0.3 is 0 Å². The van der Waals surface area contributed by atoms with Crippen molar-refractivity contribution in [1.29, 1.82) is 0 Å². The zero-order chi connectivity index (χ0) is 16.4. The molecule has 0 spiro atoms. The molecule has 0 amide bonds. The van der Waals surface area contributed by atoms with Gasteiger partial charge in [-0.25, -0.2) is 4.98 Å². The molecule has 0 fully saturated rings. The zero-order valence-electron chi connectivity index (χ0n) is 12.8. The lowest BCUT2D eigenvalue weighted by atomic mass is 10.2. The number of rotatable bonds is 5. The number of fused-ring (bicyclic) bond motifs is 1. The van der Waals surface area contributed by atoms with Gasteiger partial charge in [-0.05, 0) is 12.1 Å². The van der Waals surface area contributed by atoms with Gasteiger partial charge in [-0.15, -0.1) is 0 Å².